The molecule has 4 aromatic rings. The number of hydrogen-bond acceptors (Lipinski definition) is 5. The normalized spacial score (nSPS) is 11.3. The van der Waals surface area contributed by atoms with Gasteiger partial charge in [-0.25, -0.2) is 4.98 Å². The number of fused-ring (bicyclic) bond motifs is 1. The van der Waals surface area contributed by atoms with Crippen LogP contribution < -0.4 is 10.1 Å². The van der Waals surface area contributed by atoms with Crippen LogP contribution in [0.5, 0.6) is 5.75 Å². The van der Waals surface area contributed by atoms with Crippen molar-refractivity contribution in [2.24, 2.45) is 0 Å². The van der Waals surface area contributed by atoms with Gasteiger partial charge in [0, 0.05) is 17.2 Å². The van der Waals surface area contributed by atoms with E-state index < -0.39 is 0 Å². The number of aromatic nitrogens is 3. The van der Waals surface area contributed by atoms with Gasteiger partial charge in [-0.1, -0.05) is 47.2 Å². The summed E-state index contributed by atoms with van der Waals surface area (Å²) in [5.74, 6) is 0.986. The molecule has 0 unspecified atom stereocenters. The molecule has 2 aromatic carbocycles. The van der Waals surface area contributed by atoms with Crippen LogP contribution >= 0.6 is 22.9 Å². The first-order valence-corrected chi connectivity index (χ1v) is 10.6. The van der Waals surface area contributed by atoms with E-state index in [1.165, 1.54) is 17.4 Å². The quantitative estimate of drug-likeness (QED) is 0.404. The first kappa shape index (κ1) is 20.1. The zero-order valence-corrected chi connectivity index (χ0v) is 18.0. The zero-order valence-electron chi connectivity index (χ0n) is 16.4. The van der Waals surface area contributed by atoms with Crippen LogP contribution in [0.15, 0.2) is 54.6 Å². The number of hydrogen-bond donors (Lipinski definition) is 1. The van der Waals surface area contributed by atoms with Gasteiger partial charge in [-0.3, -0.25) is 4.79 Å². The van der Waals surface area contributed by atoms with Crippen molar-refractivity contribution >= 4 is 51.0 Å². The highest BCUT2D eigenvalue weighted by Gasteiger charge is 2.15. The lowest BCUT2D eigenvalue weighted by Gasteiger charge is -2.04. The molecule has 0 aliphatic rings. The van der Waals surface area contributed by atoms with E-state index >= 15 is 0 Å². The number of thiazole rings is 1. The largest absolute Gasteiger partial charge is 0.492 e. The molecular formula is C22H19ClN4O2S. The number of rotatable bonds is 6. The van der Waals surface area contributed by atoms with E-state index in [2.05, 4.69) is 10.4 Å². The summed E-state index contributed by atoms with van der Waals surface area (Å²) in [4.78, 5) is 17.2. The lowest BCUT2D eigenvalue weighted by molar-refractivity contribution is -0.111. The third kappa shape index (κ3) is 4.22. The van der Waals surface area contributed by atoms with Crippen LogP contribution in [0.2, 0.25) is 5.02 Å². The topological polar surface area (TPSA) is 69.0 Å². The van der Waals surface area contributed by atoms with Crippen molar-refractivity contribution in [3.63, 3.8) is 0 Å². The Balaban J connectivity index is 1.62. The van der Waals surface area contributed by atoms with Gasteiger partial charge in [0.25, 0.3) is 0 Å². The molecule has 0 saturated heterocycles. The van der Waals surface area contributed by atoms with E-state index in [1.807, 2.05) is 50.2 Å². The molecule has 4 rings (SSSR count). The molecule has 0 aliphatic carbocycles. The van der Waals surface area contributed by atoms with Crippen LogP contribution in [0, 0.1) is 6.92 Å². The Morgan fingerprint density at radius 3 is 2.90 bits per heavy atom. The molecule has 0 bridgehead atoms. The van der Waals surface area contributed by atoms with E-state index in [4.69, 9.17) is 21.3 Å². The summed E-state index contributed by atoms with van der Waals surface area (Å²) < 4.78 is 8.30. The maximum Gasteiger partial charge on any atom is 0.249 e. The predicted molar refractivity (Wildman–Crippen MR) is 122 cm³/mol. The monoisotopic (exact) mass is 438 g/mol. The third-order valence-corrected chi connectivity index (χ3v) is 5.59. The van der Waals surface area contributed by atoms with Crippen LogP contribution in [0.4, 0.5) is 5.82 Å². The molecule has 152 valence electrons. The first-order valence-electron chi connectivity index (χ1n) is 9.38. The predicted octanol–water partition coefficient (Wildman–Crippen LogP) is 5.49. The van der Waals surface area contributed by atoms with Gasteiger partial charge in [0.2, 0.25) is 11.0 Å². The first-order chi connectivity index (χ1) is 14.5. The van der Waals surface area contributed by atoms with Gasteiger partial charge < -0.3 is 10.1 Å². The molecule has 0 spiro atoms. The number of nitrogens with zero attached hydrogens (tertiary/aromatic N) is 3. The molecule has 0 aliphatic heterocycles. The third-order valence-electron chi connectivity index (χ3n) is 4.25. The second kappa shape index (κ2) is 8.69. The number of ether oxygens (including phenoxy) is 1. The summed E-state index contributed by atoms with van der Waals surface area (Å²) in [6, 6.07) is 15.0. The molecule has 2 heterocycles. The molecule has 0 radical (unpaired) electrons. The fourth-order valence-electron chi connectivity index (χ4n) is 2.95. The minimum Gasteiger partial charge on any atom is -0.492 e. The average Bonchev–Trinajstić information content (AvgIpc) is 3.31. The summed E-state index contributed by atoms with van der Waals surface area (Å²) in [6.45, 7) is 4.36. The van der Waals surface area contributed by atoms with Crippen molar-refractivity contribution in [3.05, 3.63) is 70.9 Å². The Labute approximate surface area is 182 Å². The fourth-order valence-corrected chi connectivity index (χ4v) is 4.10. The number of amides is 1. The molecule has 0 saturated carbocycles. The number of nitrogens with one attached hydrogen (secondary N) is 1. The van der Waals surface area contributed by atoms with Crippen LogP contribution in [0.25, 0.3) is 21.4 Å². The maximum absolute atomic E-state index is 12.5. The standard InChI is InChI=1S/C22H19ClN4O2S/c1-3-29-17-9-6-10-18-21(17)25-22(30-18)27-19(13-14(2)26-27)24-20(28)12-11-15-7-4-5-8-16(15)23/h4-13H,3H2,1-2H3,(H,24,28)/b12-11+. The number of benzene rings is 2. The Kier molecular flexibility index (Phi) is 5.83. The highest BCUT2D eigenvalue weighted by molar-refractivity contribution is 7.20. The number of carbonyl (C=O) groups excluding carboxylic acids is 1. The van der Waals surface area contributed by atoms with Crippen molar-refractivity contribution in [3.8, 4) is 10.9 Å². The van der Waals surface area contributed by atoms with Crippen molar-refractivity contribution in [2.75, 3.05) is 11.9 Å². The number of para-hydroxylation sites is 1. The lowest BCUT2D eigenvalue weighted by atomic mass is 10.2. The lowest BCUT2D eigenvalue weighted by Crippen LogP contribution is -2.12. The molecule has 6 nitrogen and oxygen atoms in total. The molecule has 8 heteroatoms. The summed E-state index contributed by atoms with van der Waals surface area (Å²) >= 11 is 7.62. The molecule has 1 amide bonds. The van der Waals surface area contributed by atoms with Crippen molar-refractivity contribution < 1.29 is 9.53 Å². The smallest absolute Gasteiger partial charge is 0.249 e. The van der Waals surface area contributed by atoms with Crippen LogP contribution in [-0.2, 0) is 4.79 Å². The van der Waals surface area contributed by atoms with Gasteiger partial charge in [-0.15, -0.1) is 0 Å². The molecule has 1 N–H and O–H groups in total. The average molecular weight is 439 g/mol. The highest BCUT2D eigenvalue weighted by atomic mass is 35.5. The Morgan fingerprint density at radius 2 is 2.10 bits per heavy atom. The summed E-state index contributed by atoms with van der Waals surface area (Å²) in [5, 5.41) is 8.61. The minimum absolute atomic E-state index is 0.285. The highest BCUT2D eigenvalue weighted by Crippen LogP contribution is 2.32. The summed E-state index contributed by atoms with van der Waals surface area (Å²) in [6.07, 6.45) is 3.12. The van der Waals surface area contributed by atoms with E-state index in [0.29, 0.717) is 22.6 Å². The molecular weight excluding hydrogens is 420 g/mol. The van der Waals surface area contributed by atoms with Crippen molar-refractivity contribution in [1.29, 1.82) is 0 Å². The summed E-state index contributed by atoms with van der Waals surface area (Å²) in [7, 11) is 0. The molecule has 0 atom stereocenters. The van der Waals surface area contributed by atoms with Gasteiger partial charge in [0.05, 0.1) is 17.0 Å². The van der Waals surface area contributed by atoms with E-state index in [1.54, 1.807) is 22.9 Å². The second-order valence-corrected chi connectivity index (χ2v) is 7.88. The van der Waals surface area contributed by atoms with E-state index in [0.717, 1.165) is 27.2 Å². The molecule has 0 fully saturated rings. The fraction of sp³-hybridized carbons (Fsp3) is 0.136. The van der Waals surface area contributed by atoms with Crippen LogP contribution in [-0.4, -0.2) is 27.3 Å². The van der Waals surface area contributed by atoms with E-state index in [9.17, 15) is 4.79 Å². The SMILES string of the molecule is CCOc1cccc2sc(-n3nc(C)cc3NC(=O)/C=C/c3ccccc3Cl)nc12. The van der Waals surface area contributed by atoms with Crippen LogP contribution in [0.1, 0.15) is 18.2 Å². The molecule has 2 aromatic heterocycles. The molecule has 30 heavy (non-hydrogen) atoms. The van der Waals surface area contributed by atoms with Gasteiger partial charge in [-0.05, 0) is 43.7 Å². The second-order valence-electron chi connectivity index (χ2n) is 6.46. The number of anilines is 1. The summed E-state index contributed by atoms with van der Waals surface area (Å²) in [5.41, 5.74) is 2.32. The van der Waals surface area contributed by atoms with Gasteiger partial charge in [0.15, 0.2) is 0 Å². The number of aryl methyl sites for hydroxylation is 1. The Bertz CT molecular complexity index is 1250. The van der Waals surface area contributed by atoms with Crippen molar-refractivity contribution in [1.82, 2.24) is 14.8 Å². The number of halogens is 1. The minimum atomic E-state index is -0.285. The number of carbonyl (C=O) groups is 1. The van der Waals surface area contributed by atoms with Gasteiger partial charge >= 0.3 is 0 Å². The Hall–Kier alpha value is -3.16. The van der Waals surface area contributed by atoms with Gasteiger partial charge in [-0.2, -0.15) is 9.78 Å². The van der Waals surface area contributed by atoms with Crippen molar-refractivity contribution in [2.45, 2.75) is 13.8 Å². The van der Waals surface area contributed by atoms with Crippen LogP contribution in [0.3, 0.4) is 0 Å². The Morgan fingerprint density at radius 1 is 1.27 bits per heavy atom. The van der Waals surface area contributed by atoms with Gasteiger partial charge in [0.1, 0.15) is 17.1 Å². The maximum atomic E-state index is 12.5. The van der Waals surface area contributed by atoms with E-state index in [-0.39, 0.29) is 5.91 Å². The zero-order chi connectivity index (χ0) is 21.1.